The largest absolute Gasteiger partial charge is 0.381 e. The number of anilines is 1. The van der Waals surface area contributed by atoms with E-state index in [9.17, 15) is 4.79 Å². The molecule has 2 heterocycles. The lowest BCUT2D eigenvalue weighted by molar-refractivity contribution is 0.178. The van der Waals surface area contributed by atoms with Gasteiger partial charge in [-0.05, 0) is 44.2 Å². The van der Waals surface area contributed by atoms with E-state index in [0.717, 1.165) is 32.7 Å². The first-order valence-corrected chi connectivity index (χ1v) is 9.19. The number of para-hydroxylation sites is 1. The molecule has 2 amide bonds. The van der Waals surface area contributed by atoms with Gasteiger partial charge in [0.25, 0.3) is 0 Å². The number of carbonyl (C=O) groups is 1. The van der Waals surface area contributed by atoms with Crippen LogP contribution in [0.25, 0.3) is 0 Å². The van der Waals surface area contributed by atoms with Crippen molar-refractivity contribution in [3.63, 3.8) is 0 Å². The fourth-order valence-electron chi connectivity index (χ4n) is 3.60. The highest BCUT2D eigenvalue weighted by atomic mass is 16.5. The molecule has 0 spiro atoms. The second-order valence-corrected chi connectivity index (χ2v) is 6.92. The molecule has 0 aliphatic carbocycles. The molecular formula is C19H29N3O2. The Morgan fingerprint density at radius 3 is 2.83 bits per heavy atom. The van der Waals surface area contributed by atoms with Crippen molar-refractivity contribution in [2.45, 2.75) is 45.2 Å². The Bertz CT molecular complexity index is 537. The highest BCUT2D eigenvalue weighted by molar-refractivity contribution is 5.74. The second kappa shape index (κ2) is 8.38. The van der Waals surface area contributed by atoms with Crippen molar-refractivity contribution in [1.29, 1.82) is 0 Å². The minimum Gasteiger partial charge on any atom is -0.381 e. The van der Waals surface area contributed by atoms with Crippen molar-refractivity contribution in [3.8, 4) is 0 Å². The predicted octanol–water partition coefficient (Wildman–Crippen LogP) is 2.90. The monoisotopic (exact) mass is 331 g/mol. The Hall–Kier alpha value is -1.75. The molecule has 2 N–H and O–H groups in total. The quantitative estimate of drug-likeness (QED) is 0.872. The lowest BCUT2D eigenvalue weighted by atomic mass is 10.0. The van der Waals surface area contributed by atoms with E-state index in [2.05, 4.69) is 40.7 Å². The number of hydrogen-bond donors (Lipinski definition) is 2. The molecule has 0 saturated carbocycles. The Morgan fingerprint density at radius 2 is 2.08 bits per heavy atom. The Labute approximate surface area is 144 Å². The summed E-state index contributed by atoms with van der Waals surface area (Å²) in [5.74, 6) is 0.427. The topological polar surface area (TPSA) is 53.6 Å². The number of benzene rings is 1. The fourth-order valence-corrected chi connectivity index (χ4v) is 3.60. The van der Waals surface area contributed by atoms with E-state index in [1.54, 1.807) is 0 Å². The van der Waals surface area contributed by atoms with Gasteiger partial charge >= 0.3 is 6.03 Å². The van der Waals surface area contributed by atoms with Crippen LogP contribution in [0.5, 0.6) is 0 Å². The van der Waals surface area contributed by atoms with Crippen LogP contribution >= 0.6 is 0 Å². The van der Waals surface area contributed by atoms with E-state index in [1.165, 1.54) is 30.5 Å². The molecule has 0 radical (unpaired) electrons. The van der Waals surface area contributed by atoms with Crippen LogP contribution in [0.4, 0.5) is 10.5 Å². The van der Waals surface area contributed by atoms with E-state index < -0.39 is 0 Å². The molecule has 2 aliphatic rings. The minimum atomic E-state index is -0.0946. The molecule has 1 aromatic rings. The normalized spacial score (nSPS) is 22.2. The van der Waals surface area contributed by atoms with Crippen LogP contribution < -0.4 is 15.5 Å². The summed E-state index contributed by atoms with van der Waals surface area (Å²) < 4.78 is 5.39. The Balaban J connectivity index is 1.53. The molecule has 2 fully saturated rings. The first-order valence-electron chi connectivity index (χ1n) is 9.19. The molecule has 0 bridgehead atoms. The summed E-state index contributed by atoms with van der Waals surface area (Å²) in [5.41, 5.74) is 2.45. The Kier molecular flexibility index (Phi) is 5.96. The van der Waals surface area contributed by atoms with Crippen LogP contribution in [0, 0.1) is 5.92 Å². The zero-order valence-corrected chi connectivity index (χ0v) is 14.6. The number of nitrogens with one attached hydrogen (secondary N) is 2. The van der Waals surface area contributed by atoms with Gasteiger partial charge in [0, 0.05) is 43.9 Å². The van der Waals surface area contributed by atoms with Crippen molar-refractivity contribution in [3.05, 3.63) is 29.8 Å². The second-order valence-electron chi connectivity index (χ2n) is 6.92. The molecule has 24 heavy (non-hydrogen) atoms. The van der Waals surface area contributed by atoms with Crippen molar-refractivity contribution >= 4 is 11.7 Å². The zero-order valence-electron chi connectivity index (χ0n) is 14.6. The van der Waals surface area contributed by atoms with Crippen molar-refractivity contribution in [1.82, 2.24) is 10.6 Å². The summed E-state index contributed by atoms with van der Waals surface area (Å²) in [6.45, 7) is 6.40. The van der Waals surface area contributed by atoms with Crippen LogP contribution in [-0.2, 0) is 11.3 Å². The third-order valence-corrected chi connectivity index (χ3v) is 5.16. The summed E-state index contributed by atoms with van der Waals surface area (Å²) in [6, 6.07) is 8.45. The molecule has 1 aromatic carbocycles. The van der Waals surface area contributed by atoms with Gasteiger partial charge < -0.3 is 20.3 Å². The first kappa shape index (κ1) is 17.1. The predicted molar refractivity (Wildman–Crippen MR) is 96.3 cm³/mol. The summed E-state index contributed by atoms with van der Waals surface area (Å²) in [6.07, 6.45) is 4.85. The van der Waals surface area contributed by atoms with Crippen LogP contribution in [0.2, 0.25) is 0 Å². The molecule has 5 nitrogen and oxygen atoms in total. The highest BCUT2D eigenvalue weighted by Crippen LogP contribution is 2.24. The average molecular weight is 331 g/mol. The number of urea groups is 1. The number of hydrogen-bond acceptors (Lipinski definition) is 3. The number of carbonyl (C=O) groups excluding carboxylic acids is 1. The third-order valence-electron chi connectivity index (χ3n) is 5.16. The van der Waals surface area contributed by atoms with E-state index in [1.807, 2.05) is 6.07 Å². The molecule has 2 aliphatic heterocycles. The SMILES string of the molecule is C[C@@H](NC(=O)NCc1ccccc1N1CCCCC1)[C@@H]1CCOC1. The van der Waals surface area contributed by atoms with Crippen LogP contribution in [0.15, 0.2) is 24.3 Å². The molecule has 0 unspecified atom stereocenters. The minimum absolute atomic E-state index is 0.0946. The maximum atomic E-state index is 12.2. The van der Waals surface area contributed by atoms with E-state index in [4.69, 9.17) is 4.74 Å². The maximum absolute atomic E-state index is 12.2. The van der Waals surface area contributed by atoms with Gasteiger partial charge in [-0.1, -0.05) is 18.2 Å². The van der Waals surface area contributed by atoms with E-state index in [-0.39, 0.29) is 12.1 Å². The van der Waals surface area contributed by atoms with Gasteiger partial charge in [-0.3, -0.25) is 0 Å². The lowest BCUT2D eigenvalue weighted by Crippen LogP contribution is -2.44. The van der Waals surface area contributed by atoms with Crippen LogP contribution in [-0.4, -0.2) is 38.4 Å². The summed E-state index contributed by atoms with van der Waals surface area (Å²) in [4.78, 5) is 14.6. The average Bonchev–Trinajstić information content (AvgIpc) is 3.16. The number of rotatable bonds is 5. The van der Waals surface area contributed by atoms with Crippen LogP contribution in [0.1, 0.15) is 38.2 Å². The highest BCUT2D eigenvalue weighted by Gasteiger charge is 2.23. The fraction of sp³-hybridized carbons (Fsp3) is 0.632. The van der Waals surface area contributed by atoms with Gasteiger partial charge in [-0.2, -0.15) is 0 Å². The van der Waals surface area contributed by atoms with Gasteiger partial charge in [0.05, 0.1) is 6.61 Å². The molecule has 3 rings (SSSR count). The van der Waals surface area contributed by atoms with Gasteiger partial charge in [-0.15, -0.1) is 0 Å². The summed E-state index contributed by atoms with van der Waals surface area (Å²) in [5, 5.41) is 6.06. The molecule has 2 saturated heterocycles. The van der Waals surface area contributed by atoms with Crippen LogP contribution in [0.3, 0.4) is 0 Å². The number of ether oxygens (including phenoxy) is 1. The third kappa shape index (κ3) is 4.41. The van der Waals surface area contributed by atoms with Gasteiger partial charge in [-0.25, -0.2) is 4.79 Å². The van der Waals surface area contributed by atoms with Crippen molar-refractivity contribution in [2.75, 3.05) is 31.2 Å². The van der Waals surface area contributed by atoms with Gasteiger partial charge in [0.2, 0.25) is 0 Å². The number of nitrogens with zero attached hydrogens (tertiary/aromatic N) is 1. The van der Waals surface area contributed by atoms with Crippen molar-refractivity contribution in [2.24, 2.45) is 5.92 Å². The summed E-state index contributed by atoms with van der Waals surface area (Å²) >= 11 is 0. The van der Waals surface area contributed by atoms with E-state index in [0.29, 0.717) is 12.5 Å². The van der Waals surface area contributed by atoms with E-state index >= 15 is 0 Å². The molecule has 2 atom stereocenters. The zero-order chi connectivity index (χ0) is 16.8. The Morgan fingerprint density at radius 1 is 1.29 bits per heavy atom. The van der Waals surface area contributed by atoms with Gasteiger partial charge in [0.1, 0.15) is 0 Å². The molecular weight excluding hydrogens is 302 g/mol. The maximum Gasteiger partial charge on any atom is 0.315 e. The first-order chi connectivity index (χ1) is 11.7. The summed E-state index contributed by atoms with van der Waals surface area (Å²) in [7, 11) is 0. The number of amides is 2. The standard InChI is InChI=1S/C19H29N3O2/c1-15(17-9-12-24-14-17)21-19(23)20-13-16-7-3-4-8-18(16)22-10-5-2-6-11-22/h3-4,7-8,15,17H,2,5-6,9-14H2,1H3,(H2,20,21,23)/t15-,17-/m1/s1. The molecule has 0 aromatic heterocycles. The molecule has 5 heteroatoms. The number of piperidine rings is 1. The molecule has 132 valence electrons. The van der Waals surface area contributed by atoms with Gasteiger partial charge in [0.15, 0.2) is 0 Å². The van der Waals surface area contributed by atoms with Crippen molar-refractivity contribution < 1.29 is 9.53 Å². The smallest absolute Gasteiger partial charge is 0.315 e. The lowest BCUT2D eigenvalue weighted by Gasteiger charge is -2.30.